The maximum Gasteiger partial charge on any atom is 0.0619 e. The van der Waals surface area contributed by atoms with Crippen LogP contribution in [-0.4, -0.2) is 4.57 Å². The lowest BCUT2D eigenvalue weighted by molar-refractivity contribution is 1.10. The first-order valence-electron chi connectivity index (χ1n) is 13.3. The molecule has 0 aliphatic heterocycles. The number of hydrogen-bond acceptors (Lipinski definition) is 0. The highest BCUT2D eigenvalue weighted by Gasteiger charge is 2.27. The van der Waals surface area contributed by atoms with E-state index in [1.807, 2.05) is 6.92 Å². The Balaban J connectivity index is 1.82. The molecule has 6 rings (SSSR count). The predicted octanol–water partition coefficient (Wildman–Crippen LogP) is 9.83. The summed E-state index contributed by atoms with van der Waals surface area (Å²) in [4.78, 5) is 0. The summed E-state index contributed by atoms with van der Waals surface area (Å²) >= 11 is 0. The van der Waals surface area contributed by atoms with Gasteiger partial charge in [0.2, 0.25) is 0 Å². The average molecular weight is 500 g/mol. The zero-order valence-electron chi connectivity index (χ0n) is 22.2. The first-order valence-corrected chi connectivity index (χ1v) is 13.3. The molecule has 0 bridgehead atoms. The Hall–Kier alpha value is -5.06. The fourth-order valence-corrected chi connectivity index (χ4v) is 5.29. The van der Waals surface area contributed by atoms with E-state index in [0.717, 1.165) is 22.5 Å². The molecule has 1 nitrogen and oxygen atoms in total. The molecule has 0 spiro atoms. The van der Waals surface area contributed by atoms with Crippen LogP contribution in [0.15, 0.2) is 140 Å². The fourth-order valence-electron chi connectivity index (χ4n) is 5.29. The van der Waals surface area contributed by atoms with Crippen LogP contribution in [0, 0.1) is 18.8 Å². The number of nitrogens with zero attached hydrogens (tertiary/aromatic N) is 1. The van der Waals surface area contributed by atoms with E-state index in [-0.39, 0.29) is 0 Å². The van der Waals surface area contributed by atoms with Gasteiger partial charge in [0.1, 0.15) is 0 Å². The molecular weight excluding hydrogens is 470 g/mol. The molecule has 0 amide bonds. The van der Waals surface area contributed by atoms with Crippen LogP contribution in [0.5, 0.6) is 0 Å². The second-order valence-electron chi connectivity index (χ2n) is 9.67. The Kier molecular flexibility index (Phi) is 6.69. The van der Waals surface area contributed by atoms with Gasteiger partial charge in [-0.05, 0) is 60.4 Å². The molecule has 1 heteroatoms. The molecule has 0 aliphatic rings. The van der Waals surface area contributed by atoms with Crippen molar-refractivity contribution in [2.24, 2.45) is 0 Å². The molecule has 0 saturated heterocycles. The van der Waals surface area contributed by atoms with Crippen molar-refractivity contribution in [3.63, 3.8) is 0 Å². The van der Waals surface area contributed by atoms with Crippen molar-refractivity contribution in [3.8, 4) is 62.3 Å². The number of hydrogen-bond donors (Lipinski definition) is 0. The third kappa shape index (κ3) is 4.70. The molecule has 0 fully saturated rings. The summed E-state index contributed by atoms with van der Waals surface area (Å²) < 4.78 is 2.44. The van der Waals surface area contributed by atoms with Crippen molar-refractivity contribution in [1.29, 1.82) is 0 Å². The molecule has 0 aliphatic carbocycles. The Bertz CT molecular complexity index is 1760. The monoisotopic (exact) mass is 499 g/mol. The molecule has 0 saturated carbocycles. The number of rotatable bonds is 5. The average Bonchev–Trinajstić information content (AvgIpc) is 3.36. The summed E-state index contributed by atoms with van der Waals surface area (Å²) in [6.07, 6.45) is 0. The molecular formula is C38H29N. The van der Waals surface area contributed by atoms with Crippen molar-refractivity contribution in [2.45, 2.75) is 13.8 Å². The van der Waals surface area contributed by atoms with Crippen LogP contribution in [0.25, 0.3) is 50.5 Å². The third-order valence-electron chi connectivity index (χ3n) is 7.06. The molecule has 1 aromatic heterocycles. The van der Waals surface area contributed by atoms with Crippen LogP contribution in [0.3, 0.4) is 0 Å². The molecule has 39 heavy (non-hydrogen) atoms. The number of aromatic nitrogens is 1. The van der Waals surface area contributed by atoms with Crippen molar-refractivity contribution >= 4 is 0 Å². The van der Waals surface area contributed by atoms with E-state index in [1.165, 1.54) is 39.1 Å². The molecule has 0 atom stereocenters. The zero-order valence-corrected chi connectivity index (χ0v) is 22.2. The smallest absolute Gasteiger partial charge is 0.0619 e. The van der Waals surface area contributed by atoms with E-state index in [4.69, 9.17) is 0 Å². The van der Waals surface area contributed by atoms with Crippen LogP contribution in [0.4, 0.5) is 0 Å². The van der Waals surface area contributed by atoms with Gasteiger partial charge in [-0.15, -0.1) is 5.92 Å². The minimum atomic E-state index is 1.02. The molecule has 0 unspecified atom stereocenters. The van der Waals surface area contributed by atoms with Gasteiger partial charge < -0.3 is 4.57 Å². The lowest BCUT2D eigenvalue weighted by Crippen LogP contribution is -2.00. The fraction of sp³-hybridized carbons (Fsp3) is 0.0526. The highest BCUT2D eigenvalue weighted by Crippen LogP contribution is 2.49. The summed E-state index contributed by atoms with van der Waals surface area (Å²) in [5, 5.41) is 0. The molecule has 1 heterocycles. The lowest BCUT2D eigenvalue weighted by atomic mass is 9.91. The Morgan fingerprint density at radius 1 is 0.462 bits per heavy atom. The molecule has 6 aromatic rings. The Labute approximate surface area is 231 Å². The lowest BCUT2D eigenvalue weighted by Gasteiger charge is -2.16. The van der Waals surface area contributed by atoms with E-state index >= 15 is 0 Å². The van der Waals surface area contributed by atoms with E-state index in [0.29, 0.717) is 0 Å². The maximum absolute atomic E-state index is 3.20. The quantitative estimate of drug-likeness (QED) is 0.208. The van der Waals surface area contributed by atoms with E-state index in [2.05, 4.69) is 163 Å². The first-order chi connectivity index (χ1) is 19.2. The van der Waals surface area contributed by atoms with Crippen molar-refractivity contribution in [2.75, 3.05) is 0 Å². The number of para-hydroxylation sites is 1. The van der Waals surface area contributed by atoms with Gasteiger partial charge in [-0.2, -0.15) is 0 Å². The van der Waals surface area contributed by atoms with Gasteiger partial charge >= 0.3 is 0 Å². The van der Waals surface area contributed by atoms with Crippen LogP contribution in [0.1, 0.15) is 18.1 Å². The largest absolute Gasteiger partial charge is 0.308 e. The first kappa shape index (κ1) is 24.3. The molecule has 186 valence electrons. The maximum atomic E-state index is 3.20. The normalized spacial score (nSPS) is 10.6. The van der Waals surface area contributed by atoms with Gasteiger partial charge in [0.25, 0.3) is 0 Å². The highest BCUT2D eigenvalue weighted by molar-refractivity contribution is 6.03. The number of benzene rings is 5. The van der Waals surface area contributed by atoms with Crippen LogP contribution in [-0.2, 0) is 0 Å². The molecule has 5 aromatic carbocycles. The van der Waals surface area contributed by atoms with E-state index in [9.17, 15) is 0 Å². The minimum Gasteiger partial charge on any atom is -0.308 e. The molecule has 0 radical (unpaired) electrons. The summed E-state index contributed by atoms with van der Waals surface area (Å²) in [5.74, 6) is 6.22. The molecule has 0 N–H and O–H groups in total. The van der Waals surface area contributed by atoms with E-state index in [1.54, 1.807) is 0 Å². The zero-order chi connectivity index (χ0) is 26.6. The van der Waals surface area contributed by atoms with Gasteiger partial charge in [-0.25, -0.2) is 0 Å². The predicted molar refractivity (Wildman–Crippen MR) is 165 cm³/mol. The summed E-state index contributed by atoms with van der Waals surface area (Å²) in [6.45, 7) is 4.02. The standard InChI is InChI=1S/C38H29N/c1-3-13-29-22-26-33(27-23-29)38-36(31-16-9-5-10-17-31)35(30-14-7-4-8-15-30)37(32-24-20-28(2)21-25-32)39(38)34-18-11-6-12-19-34/h4-12,14-27H,1-2H3. The van der Waals surface area contributed by atoms with Gasteiger partial charge in [0, 0.05) is 22.4 Å². The van der Waals surface area contributed by atoms with Gasteiger partial charge in [0.05, 0.1) is 11.4 Å². The van der Waals surface area contributed by atoms with Crippen LogP contribution in [0.2, 0.25) is 0 Å². The second-order valence-corrected chi connectivity index (χ2v) is 9.67. The van der Waals surface area contributed by atoms with Gasteiger partial charge in [-0.3, -0.25) is 0 Å². The SMILES string of the molecule is CC#Cc1ccc(-c2c(-c3ccccc3)c(-c3ccccc3)c(-c3ccc(C)cc3)n2-c2ccccc2)cc1. The van der Waals surface area contributed by atoms with Crippen molar-refractivity contribution < 1.29 is 0 Å². The third-order valence-corrected chi connectivity index (χ3v) is 7.06. The van der Waals surface area contributed by atoms with Crippen LogP contribution >= 0.6 is 0 Å². The topological polar surface area (TPSA) is 4.93 Å². The van der Waals surface area contributed by atoms with Gasteiger partial charge in [0.15, 0.2) is 0 Å². The van der Waals surface area contributed by atoms with Crippen LogP contribution < -0.4 is 0 Å². The number of aryl methyl sites for hydroxylation is 1. The Morgan fingerprint density at radius 2 is 0.897 bits per heavy atom. The summed E-state index contributed by atoms with van der Waals surface area (Å²) in [7, 11) is 0. The second kappa shape index (κ2) is 10.7. The highest BCUT2D eigenvalue weighted by atomic mass is 15.0. The summed E-state index contributed by atoms with van der Waals surface area (Å²) in [5.41, 5.74) is 12.9. The minimum absolute atomic E-state index is 1.02. The van der Waals surface area contributed by atoms with Gasteiger partial charge in [-0.1, -0.05) is 127 Å². The van der Waals surface area contributed by atoms with Crippen molar-refractivity contribution in [3.05, 3.63) is 151 Å². The van der Waals surface area contributed by atoms with E-state index < -0.39 is 0 Å². The summed E-state index contributed by atoms with van der Waals surface area (Å²) in [6, 6.07) is 49.8. The Morgan fingerprint density at radius 3 is 1.36 bits per heavy atom. The van der Waals surface area contributed by atoms with Crippen molar-refractivity contribution in [1.82, 2.24) is 4.57 Å².